The molecule has 25 heavy (non-hydrogen) atoms. The number of amides is 1. The quantitative estimate of drug-likeness (QED) is 0.929. The number of nitrogens with zero attached hydrogens (tertiary/aromatic N) is 2. The van der Waals surface area contributed by atoms with Gasteiger partial charge in [0.1, 0.15) is 5.82 Å². The van der Waals surface area contributed by atoms with E-state index < -0.39 is 5.60 Å². The van der Waals surface area contributed by atoms with Crippen molar-refractivity contribution in [2.75, 3.05) is 13.1 Å². The van der Waals surface area contributed by atoms with Crippen LogP contribution in [-0.4, -0.2) is 39.6 Å². The number of aliphatic hydroxyl groups is 1. The highest BCUT2D eigenvalue weighted by Gasteiger charge is 2.35. The second-order valence-corrected chi connectivity index (χ2v) is 6.86. The molecule has 1 atom stereocenters. The molecule has 1 aliphatic heterocycles. The lowest BCUT2D eigenvalue weighted by atomic mass is 9.85. The first-order chi connectivity index (χ1) is 12.0. The lowest BCUT2D eigenvalue weighted by Gasteiger charge is -2.39. The van der Waals surface area contributed by atoms with E-state index in [2.05, 4.69) is 4.98 Å². The van der Waals surface area contributed by atoms with Crippen molar-refractivity contribution in [2.24, 2.45) is 0 Å². The fourth-order valence-corrected chi connectivity index (χ4v) is 3.40. The Balaban J connectivity index is 1.60. The van der Waals surface area contributed by atoms with Crippen LogP contribution in [0.3, 0.4) is 0 Å². The highest BCUT2D eigenvalue weighted by Crippen LogP contribution is 2.28. The Hall–Kier alpha value is -2.27. The predicted octanol–water partition coefficient (Wildman–Crippen LogP) is 2.92. The van der Waals surface area contributed by atoms with Crippen molar-refractivity contribution in [2.45, 2.75) is 37.7 Å². The number of carbonyl (C=O) groups excluding carboxylic acids is 1. The van der Waals surface area contributed by atoms with E-state index in [-0.39, 0.29) is 17.6 Å². The van der Waals surface area contributed by atoms with E-state index in [1.54, 1.807) is 23.4 Å². The van der Waals surface area contributed by atoms with Gasteiger partial charge in [0.25, 0.3) is 0 Å². The third-order valence-corrected chi connectivity index (χ3v) is 4.98. The lowest BCUT2D eigenvalue weighted by molar-refractivity contribution is -0.136. The number of halogens is 1. The Morgan fingerprint density at radius 2 is 2.08 bits per heavy atom. The van der Waals surface area contributed by atoms with E-state index in [1.807, 2.05) is 25.1 Å². The van der Waals surface area contributed by atoms with Crippen molar-refractivity contribution in [3.8, 4) is 0 Å². The van der Waals surface area contributed by atoms with Crippen LogP contribution in [0, 0.1) is 5.82 Å². The topological polar surface area (TPSA) is 53.4 Å². The molecule has 3 rings (SSSR count). The zero-order chi connectivity index (χ0) is 17.9. The van der Waals surface area contributed by atoms with E-state index in [9.17, 15) is 14.3 Å². The summed E-state index contributed by atoms with van der Waals surface area (Å²) in [6, 6.07) is 10.1. The van der Waals surface area contributed by atoms with Gasteiger partial charge in [-0.05, 0) is 49.1 Å². The van der Waals surface area contributed by atoms with Crippen molar-refractivity contribution in [3.05, 3.63) is 65.7 Å². The molecule has 4 nitrogen and oxygen atoms in total. The van der Waals surface area contributed by atoms with Crippen LogP contribution in [0.5, 0.6) is 0 Å². The smallest absolute Gasteiger partial charge is 0.229 e. The minimum Gasteiger partial charge on any atom is -0.389 e. The van der Waals surface area contributed by atoms with Crippen molar-refractivity contribution >= 4 is 5.91 Å². The predicted molar refractivity (Wildman–Crippen MR) is 93.5 cm³/mol. The molecule has 1 saturated heterocycles. The monoisotopic (exact) mass is 342 g/mol. The summed E-state index contributed by atoms with van der Waals surface area (Å²) < 4.78 is 13.3. The average molecular weight is 342 g/mol. The van der Waals surface area contributed by atoms with Gasteiger partial charge in [0.05, 0.1) is 11.5 Å². The van der Waals surface area contributed by atoms with Gasteiger partial charge in [0.15, 0.2) is 0 Å². The molecule has 1 aliphatic rings. The normalized spacial score (nSPS) is 18.0. The molecule has 1 aromatic carbocycles. The van der Waals surface area contributed by atoms with Crippen molar-refractivity contribution in [3.63, 3.8) is 0 Å². The van der Waals surface area contributed by atoms with Crippen molar-refractivity contribution < 1.29 is 14.3 Å². The zero-order valence-corrected chi connectivity index (χ0v) is 14.4. The number of carbonyl (C=O) groups is 1. The number of hydrogen-bond acceptors (Lipinski definition) is 3. The summed E-state index contributed by atoms with van der Waals surface area (Å²) in [7, 11) is 0. The molecular formula is C20H23FN2O2. The number of rotatable bonds is 4. The third-order valence-electron chi connectivity index (χ3n) is 4.98. The maximum atomic E-state index is 13.3. The van der Waals surface area contributed by atoms with Gasteiger partial charge in [0, 0.05) is 31.9 Å². The van der Waals surface area contributed by atoms with Crippen LogP contribution in [0.4, 0.5) is 4.39 Å². The summed E-state index contributed by atoms with van der Waals surface area (Å²) >= 11 is 0. The van der Waals surface area contributed by atoms with Crippen LogP contribution in [0.25, 0.3) is 0 Å². The Morgan fingerprint density at radius 3 is 2.72 bits per heavy atom. The Bertz CT molecular complexity index is 727. The summed E-state index contributed by atoms with van der Waals surface area (Å²) in [5.74, 6) is -0.483. The standard InChI is InChI=1S/C20H23FN2O2/c1-15(17-5-3-9-22-14-17)19(24)23-10-7-20(25,8-11-23)13-16-4-2-6-18(21)12-16/h2-6,9,12,14-15,25H,7-8,10-11,13H2,1H3/t15-/m1/s1. The van der Waals surface area contributed by atoms with Crippen LogP contribution in [0.15, 0.2) is 48.8 Å². The molecule has 0 unspecified atom stereocenters. The summed E-state index contributed by atoms with van der Waals surface area (Å²) in [4.78, 5) is 18.6. The zero-order valence-electron chi connectivity index (χ0n) is 14.4. The molecule has 1 fully saturated rings. The molecule has 0 spiro atoms. The molecule has 132 valence electrons. The van der Waals surface area contributed by atoms with Crippen molar-refractivity contribution in [1.29, 1.82) is 0 Å². The van der Waals surface area contributed by atoms with E-state index >= 15 is 0 Å². The summed E-state index contributed by atoms with van der Waals surface area (Å²) in [6.45, 7) is 2.90. The van der Waals surface area contributed by atoms with E-state index in [0.29, 0.717) is 32.4 Å². The number of likely N-dealkylation sites (tertiary alicyclic amines) is 1. The first-order valence-corrected chi connectivity index (χ1v) is 8.62. The summed E-state index contributed by atoms with van der Waals surface area (Å²) in [5, 5.41) is 10.8. The fraction of sp³-hybridized carbons (Fsp3) is 0.400. The number of hydrogen-bond donors (Lipinski definition) is 1. The Morgan fingerprint density at radius 1 is 1.32 bits per heavy atom. The van der Waals surface area contributed by atoms with Gasteiger partial charge in [0.2, 0.25) is 5.91 Å². The molecule has 2 heterocycles. The SMILES string of the molecule is C[C@@H](C(=O)N1CCC(O)(Cc2cccc(F)c2)CC1)c1cccnc1. The van der Waals surface area contributed by atoms with Crippen LogP contribution in [0.2, 0.25) is 0 Å². The first kappa shape index (κ1) is 17.5. The Labute approximate surface area is 147 Å². The molecule has 0 radical (unpaired) electrons. The molecule has 1 amide bonds. The van der Waals surface area contributed by atoms with Gasteiger partial charge in [-0.15, -0.1) is 0 Å². The number of piperidine rings is 1. The third kappa shape index (κ3) is 4.23. The number of benzene rings is 1. The molecular weight excluding hydrogens is 319 g/mol. The van der Waals surface area contributed by atoms with Crippen molar-refractivity contribution in [1.82, 2.24) is 9.88 Å². The second-order valence-electron chi connectivity index (χ2n) is 6.86. The van der Waals surface area contributed by atoms with Crippen LogP contribution in [0.1, 0.15) is 36.8 Å². The molecule has 0 bridgehead atoms. The van der Waals surface area contributed by atoms with Gasteiger partial charge in [-0.2, -0.15) is 0 Å². The largest absolute Gasteiger partial charge is 0.389 e. The maximum absolute atomic E-state index is 13.3. The van der Waals surface area contributed by atoms with Gasteiger partial charge < -0.3 is 10.0 Å². The lowest BCUT2D eigenvalue weighted by Crippen LogP contribution is -2.48. The van der Waals surface area contributed by atoms with Gasteiger partial charge in [-0.25, -0.2) is 4.39 Å². The molecule has 5 heteroatoms. The fourth-order valence-electron chi connectivity index (χ4n) is 3.40. The highest BCUT2D eigenvalue weighted by atomic mass is 19.1. The van der Waals surface area contributed by atoms with Crippen LogP contribution < -0.4 is 0 Å². The minimum atomic E-state index is -0.887. The second kappa shape index (κ2) is 7.31. The van der Waals surface area contributed by atoms with Gasteiger partial charge in [-0.3, -0.25) is 9.78 Å². The van der Waals surface area contributed by atoms with E-state index in [1.165, 1.54) is 12.1 Å². The molecule has 1 aromatic heterocycles. The highest BCUT2D eigenvalue weighted by molar-refractivity contribution is 5.83. The maximum Gasteiger partial charge on any atom is 0.229 e. The minimum absolute atomic E-state index is 0.0563. The summed E-state index contributed by atoms with van der Waals surface area (Å²) in [6.07, 6.45) is 4.80. The van der Waals surface area contributed by atoms with Crippen LogP contribution in [-0.2, 0) is 11.2 Å². The van der Waals surface area contributed by atoms with Crippen LogP contribution >= 0.6 is 0 Å². The summed E-state index contributed by atoms with van der Waals surface area (Å²) in [5.41, 5.74) is 0.793. The van der Waals surface area contributed by atoms with E-state index in [0.717, 1.165) is 11.1 Å². The molecule has 1 N–H and O–H groups in total. The van der Waals surface area contributed by atoms with Gasteiger partial charge >= 0.3 is 0 Å². The van der Waals surface area contributed by atoms with Gasteiger partial charge in [-0.1, -0.05) is 18.2 Å². The Kier molecular flexibility index (Phi) is 5.13. The molecule has 2 aromatic rings. The number of pyridine rings is 1. The number of aromatic nitrogens is 1. The molecule has 0 saturated carbocycles. The van der Waals surface area contributed by atoms with E-state index in [4.69, 9.17) is 0 Å². The first-order valence-electron chi connectivity index (χ1n) is 8.62. The molecule has 0 aliphatic carbocycles. The average Bonchev–Trinajstić information content (AvgIpc) is 2.61.